The van der Waals surface area contributed by atoms with Crippen molar-refractivity contribution < 1.29 is 13.2 Å². The van der Waals surface area contributed by atoms with E-state index in [9.17, 15) is 13.2 Å². The number of rotatable bonds is 4. The van der Waals surface area contributed by atoms with Crippen LogP contribution in [0.4, 0.5) is 0 Å². The van der Waals surface area contributed by atoms with Crippen LogP contribution < -0.4 is 5.32 Å². The summed E-state index contributed by atoms with van der Waals surface area (Å²) in [5, 5.41) is 2.80. The van der Waals surface area contributed by atoms with Crippen molar-refractivity contribution in [3.8, 4) is 0 Å². The van der Waals surface area contributed by atoms with Crippen LogP contribution in [0.1, 0.15) is 24.6 Å². The second-order valence-electron chi connectivity index (χ2n) is 5.04. The molecule has 21 heavy (non-hydrogen) atoms. The van der Waals surface area contributed by atoms with E-state index in [-0.39, 0.29) is 11.8 Å². The monoisotopic (exact) mass is 394 g/mol. The number of nitrogens with one attached hydrogen (secondary N) is 1. The average Bonchev–Trinajstić information content (AvgIpc) is 2.79. The van der Waals surface area contributed by atoms with Crippen molar-refractivity contribution in [3.63, 3.8) is 0 Å². The molecule has 1 amide bonds. The zero-order valence-electron chi connectivity index (χ0n) is 12.1. The molecule has 0 saturated carbocycles. The van der Waals surface area contributed by atoms with E-state index in [1.807, 2.05) is 13.8 Å². The van der Waals surface area contributed by atoms with Gasteiger partial charge in [-0.25, -0.2) is 8.42 Å². The fourth-order valence-corrected chi connectivity index (χ4v) is 6.36. The minimum absolute atomic E-state index is 0.0315. The lowest BCUT2D eigenvalue weighted by Crippen LogP contribution is -2.43. The lowest BCUT2D eigenvalue weighted by atomic mass is 9.97. The van der Waals surface area contributed by atoms with Crippen LogP contribution in [0.5, 0.6) is 0 Å². The summed E-state index contributed by atoms with van der Waals surface area (Å²) in [5.74, 6) is -0.0456. The number of aryl methyl sites for hydroxylation is 1. The fourth-order valence-electron chi connectivity index (χ4n) is 2.50. The molecule has 0 aromatic carbocycles. The first kappa shape index (κ1) is 16.9. The van der Waals surface area contributed by atoms with Crippen LogP contribution >= 0.6 is 27.3 Å². The van der Waals surface area contributed by atoms with Gasteiger partial charge in [-0.2, -0.15) is 4.31 Å². The number of sulfonamides is 1. The smallest absolute Gasteiger partial charge is 0.244 e. The number of piperidine rings is 1. The van der Waals surface area contributed by atoms with E-state index in [0.717, 1.165) is 8.66 Å². The van der Waals surface area contributed by atoms with E-state index in [1.165, 1.54) is 15.6 Å². The van der Waals surface area contributed by atoms with Gasteiger partial charge in [0, 0.05) is 30.4 Å². The summed E-state index contributed by atoms with van der Waals surface area (Å²) in [6.45, 7) is 5.10. The van der Waals surface area contributed by atoms with Gasteiger partial charge in [-0.15, -0.1) is 11.3 Å². The Labute approximate surface area is 137 Å². The van der Waals surface area contributed by atoms with E-state index in [0.29, 0.717) is 37.4 Å². The second kappa shape index (κ2) is 6.76. The number of amides is 1. The number of nitrogens with zero attached hydrogens (tertiary/aromatic N) is 1. The molecule has 0 spiro atoms. The summed E-state index contributed by atoms with van der Waals surface area (Å²) in [5.41, 5.74) is 0. The maximum absolute atomic E-state index is 12.6. The quantitative estimate of drug-likeness (QED) is 0.851. The normalized spacial score (nSPS) is 17.9. The van der Waals surface area contributed by atoms with E-state index in [4.69, 9.17) is 0 Å². The molecule has 2 heterocycles. The van der Waals surface area contributed by atoms with Gasteiger partial charge in [-0.3, -0.25) is 4.79 Å². The molecule has 8 heteroatoms. The van der Waals surface area contributed by atoms with E-state index < -0.39 is 10.0 Å². The first-order chi connectivity index (χ1) is 9.86. The fraction of sp³-hybridized carbons (Fsp3) is 0.615. The highest BCUT2D eigenvalue weighted by Crippen LogP contribution is 2.33. The number of hydrogen-bond acceptors (Lipinski definition) is 4. The van der Waals surface area contributed by atoms with Gasteiger partial charge < -0.3 is 5.32 Å². The van der Waals surface area contributed by atoms with Gasteiger partial charge in [0.25, 0.3) is 0 Å². The van der Waals surface area contributed by atoms with Crippen molar-refractivity contribution >= 4 is 43.2 Å². The molecule has 0 unspecified atom stereocenters. The van der Waals surface area contributed by atoms with Crippen molar-refractivity contribution in [2.75, 3.05) is 19.6 Å². The average molecular weight is 395 g/mol. The summed E-state index contributed by atoms with van der Waals surface area (Å²) >= 11 is 4.75. The lowest BCUT2D eigenvalue weighted by Gasteiger charge is -2.30. The summed E-state index contributed by atoms with van der Waals surface area (Å²) in [6.07, 6.45) is 1.16. The van der Waals surface area contributed by atoms with Gasteiger partial charge in [0.2, 0.25) is 15.9 Å². The van der Waals surface area contributed by atoms with Crippen LogP contribution in [0.3, 0.4) is 0 Å². The molecule has 1 aliphatic heterocycles. The van der Waals surface area contributed by atoms with Crippen molar-refractivity contribution in [2.24, 2.45) is 5.92 Å². The topological polar surface area (TPSA) is 66.5 Å². The van der Waals surface area contributed by atoms with Crippen molar-refractivity contribution in [1.29, 1.82) is 0 Å². The number of hydrogen-bond donors (Lipinski definition) is 1. The van der Waals surface area contributed by atoms with Crippen molar-refractivity contribution in [3.05, 3.63) is 14.7 Å². The van der Waals surface area contributed by atoms with Crippen molar-refractivity contribution in [1.82, 2.24) is 9.62 Å². The highest BCUT2D eigenvalue weighted by atomic mass is 79.9. The standard InChI is InChI=1S/C13H19BrN2O3S2/c1-3-15-13(17)10-4-6-16(7-5-10)21(18,19)11-8-12(14)20-9(11)2/h8,10H,3-7H2,1-2H3,(H,15,17). The highest BCUT2D eigenvalue weighted by molar-refractivity contribution is 9.11. The van der Waals surface area contributed by atoms with Crippen LogP contribution in [0.25, 0.3) is 0 Å². The van der Waals surface area contributed by atoms with Gasteiger partial charge in [-0.1, -0.05) is 0 Å². The van der Waals surface area contributed by atoms with E-state index >= 15 is 0 Å². The van der Waals surface area contributed by atoms with Gasteiger partial charge in [0.15, 0.2) is 0 Å². The molecule has 0 radical (unpaired) electrons. The molecular weight excluding hydrogens is 376 g/mol. The van der Waals surface area contributed by atoms with Gasteiger partial charge in [0.05, 0.1) is 8.68 Å². The Kier molecular flexibility index (Phi) is 5.45. The number of carbonyl (C=O) groups is 1. The largest absolute Gasteiger partial charge is 0.356 e. The molecule has 1 aliphatic rings. The van der Waals surface area contributed by atoms with Gasteiger partial charge in [0.1, 0.15) is 0 Å². The number of halogens is 1. The summed E-state index contributed by atoms with van der Waals surface area (Å²) in [7, 11) is -3.45. The van der Waals surface area contributed by atoms with Crippen LogP contribution in [0.15, 0.2) is 14.7 Å². The summed E-state index contributed by atoms with van der Waals surface area (Å²) in [4.78, 5) is 13.0. The molecule has 1 saturated heterocycles. The predicted octanol–water partition coefficient (Wildman–Crippen LogP) is 2.36. The molecule has 1 aromatic rings. The molecule has 0 atom stereocenters. The Balaban J connectivity index is 2.08. The lowest BCUT2D eigenvalue weighted by molar-refractivity contribution is -0.126. The third-order valence-corrected chi connectivity index (χ3v) is 7.34. The Bertz CT molecular complexity index is 619. The first-order valence-corrected chi connectivity index (χ1v) is 9.95. The molecule has 1 fully saturated rings. The summed E-state index contributed by atoms with van der Waals surface area (Å²) in [6, 6.07) is 1.66. The number of carbonyl (C=O) groups excluding carboxylic acids is 1. The third-order valence-electron chi connectivity index (χ3n) is 3.64. The van der Waals surface area contributed by atoms with Crippen LogP contribution in [0.2, 0.25) is 0 Å². The molecule has 2 rings (SSSR count). The molecule has 118 valence electrons. The molecule has 5 nitrogen and oxygen atoms in total. The molecular formula is C13H19BrN2O3S2. The SMILES string of the molecule is CCNC(=O)C1CCN(S(=O)(=O)c2cc(Br)sc2C)CC1. The van der Waals surface area contributed by atoms with Crippen LogP contribution in [-0.2, 0) is 14.8 Å². The van der Waals surface area contributed by atoms with E-state index in [1.54, 1.807) is 6.07 Å². The number of thiophene rings is 1. The Hall–Kier alpha value is -0.440. The minimum atomic E-state index is -3.45. The van der Waals surface area contributed by atoms with Crippen molar-refractivity contribution in [2.45, 2.75) is 31.6 Å². The molecule has 1 aromatic heterocycles. The Morgan fingerprint density at radius 1 is 1.48 bits per heavy atom. The molecule has 1 N–H and O–H groups in total. The zero-order chi connectivity index (χ0) is 15.6. The third kappa shape index (κ3) is 3.67. The van der Waals surface area contributed by atoms with E-state index in [2.05, 4.69) is 21.2 Å². The second-order valence-corrected chi connectivity index (χ2v) is 9.59. The highest BCUT2D eigenvalue weighted by Gasteiger charge is 2.33. The predicted molar refractivity (Wildman–Crippen MR) is 86.9 cm³/mol. The molecule has 0 aliphatic carbocycles. The molecule has 0 bridgehead atoms. The maximum Gasteiger partial charge on any atom is 0.244 e. The summed E-state index contributed by atoms with van der Waals surface area (Å²) < 4.78 is 27.6. The maximum atomic E-state index is 12.6. The Morgan fingerprint density at radius 2 is 2.10 bits per heavy atom. The van der Waals surface area contributed by atoms with Gasteiger partial charge in [-0.05, 0) is 48.7 Å². The van der Waals surface area contributed by atoms with Gasteiger partial charge >= 0.3 is 0 Å². The Morgan fingerprint density at radius 3 is 2.57 bits per heavy atom. The first-order valence-electron chi connectivity index (χ1n) is 6.90. The van der Waals surface area contributed by atoms with Crippen LogP contribution in [0, 0.1) is 12.8 Å². The van der Waals surface area contributed by atoms with Crippen LogP contribution in [-0.4, -0.2) is 38.3 Å². The zero-order valence-corrected chi connectivity index (χ0v) is 15.3. The minimum Gasteiger partial charge on any atom is -0.356 e.